The normalized spacial score (nSPS) is 17.3. The molecule has 41 heavy (non-hydrogen) atoms. The first-order valence-corrected chi connectivity index (χ1v) is 14.8. The Kier molecular flexibility index (Phi) is 4.92. The van der Waals surface area contributed by atoms with Crippen molar-refractivity contribution in [2.45, 2.75) is 25.7 Å². The minimum Gasteiger partial charge on any atom is -0.457 e. The second-order valence-electron chi connectivity index (χ2n) is 10.5. The van der Waals surface area contributed by atoms with Crippen molar-refractivity contribution in [3.05, 3.63) is 120 Å². The number of ether oxygens (including phenoxy) is 2. The van der Waals surface area contributed by atoms with Crippen LogP contribution in [0.15, 0.2) is 120 Å². The highest BCUT2D eigenvalue weighted by Crippen LogP contribution is 2.47. The molecule has 198 valence electrons. The van der Waals surface area contributed by atoms with Crippen LogP contribution >= 0.6 is 11.3 Å². The Balaban J connectivity index is 1.18. The summed E-state index contributed by atoms with van der Waals surface area (Å²) in [5, 5.41) is 2.23. The Morgan fingerprint density at radius 1 is 0.683 bits per heavy atom. The minimum atomic E-state index is 0.848. The summed E-state index contributed by atoms with van der Waals surface area (Å²) in [6.07, 6.45) is 16.4. The summed E-state index contributed by atoms with van der Waals surface area (Å²) in [6, 6.07) is 20.8. The van der Waals surface area contributed by atoms with Crippen molar-refractivity contribution < 1.29 is 9.47 Å². The van der Waals surface area contributed by atoms with Crippen LogP contribution in [0, 0.1) is 0 Å². The molecule has 0 amide bonds. The Hall–Kier alpha value is -4.88. The Morgan fingerprint density at radius 3 is 2.10 bits per heavy atom. The van der Waals surface area contributed by atoms with Crippen molar-refractivity contribution in [3.8, 4) is 11.5 Å². The van der Waals surface area contributed by atoms with Crippen LogP contribution in [0.5, 0.6) is 11.5 Å². The fraction of sp³-hybridized carbons (Fsp3) is 0.118. The third-order valence-electron chi connectivity index (χ3n) is 8.05. The van der Waals surface area contributed by atoms with Crippen molar-refractivity contribution in [2.75, 3.05) is 9.80 Å². The highest BCUT2D eigenvalue weighted by Gasteiger charge is 2.31. The van der Waals surface area contributed by atoms with Gasteiger partial charge in [-0.3, -0.25) is 9.80 Å². The lowest BCUT2D eigenvalue weighted by atomic mass is 10.0. The van der Waals surface area contributed by atoms with E-state index in [0.29, 0.717) is 0 Å². The van der Waals surface area contributed by atoms with Crippen molar-refractivity contribution in [1.82, 2.24) is 9.97 Å². The number of nitrogens with zero attached hydrogens (tertiary/aromatic N) is 4. The Labute approximate surface area is 240 Å². The number of hydrogen-bond donors (Lipinski definition) is 0. The first-order chi connectivity index (χ1) is 20.3. The summed E-state index contributed by atoms with van der Waals surface area (Å²) < 4.78 is 14.9. The molecule has 6 nitrogen and oxygen atoms in total. The number of anilines is 4. The zero-order valence-corrected chi connectivity index (χ0v) is 22.9. The molecule has 4 aliphatic rings. The van der Waals surface area contributed by atoms with Gasteiger partial charge in [0, 0.05) is 39.0 Å². The van der Waals surface area contributed by atoms with Crippen LogP contribution in [0.2, 0.25) is 0 Å². The molecular weight excluding hydrogens is 528 g/mol. The fourth-order valence-electron chi connectivity index (χ4n) is 6.16. The molecule has 0 atom stereocenters. The molecule has 0 fully saturated rings. The van der Waals surface area contributed by atoms with Gasteiger partial charge in [0.25, 0.3) is 0 Å². The van der Waals surface area contributed by atoms with Crippen LogP contribution in [-0.4, -0.2) is 9.97 Å². The second kappa shape index (κ2) is 8.81. The van der Waals surface area contributed by atoms with Gasteiger partial charge in [-0.05, 0) is 67.8 Å². The molecule has 0 saturated heterocycles. The number of rotatable bonds is 2. The highest BCUT2D eigenvalue weighted by molar-refractivity contribution is 7.25. The number of fused-ring (bicyclic) bond motifs is 5. The monoisotopic (exact) mass is 552 g/mol. The quantitative estimate of drug-likeness (QED) is 0.218. The number of allylic oxidation sites excluding steroid dienone is 6. The van der Waals surface area contributed by atoms with Crippen LogP contribution < -0.4 is 19.3 Å². The number of thiophene rings is 1. The molecule has 0 N–H and O–H groups in total. The molecule has 3 aromatic heterocycles. The number of hydrogen-bond acceptors (Lipinski definition) is 7. The van der Waals surface area contributed by atoms with Crippen LogP contribution in [-0.2, 0) is 0 Å². The summed E-state index contributed by atoms with van der Waals surface area (Å²) in [4.78, 5) is 14.5. The lowest BCUT2D eigenvalue weighted by Crippen LogP contribution is -2.25. The van der Waals surface area contributed by atoms with Gasteiger partial charge in [0.2, 0.25) is 0 Å². The van der Waals surface area contributed by atoms with E-state index in [2.05, 4.69) is 64.4 Å². The SMILES string of the molecule is C1=CC2=C(CC1)Oc1ccccc1N2c1cc2sc3cc(N4C5=C(C=CCC5)Oc5ccccc54)ncc3c2cn1. The smallest absolute Gasteiger partial charge is 0.151 e. The predicted molar refractivity (Wildman–Crippen MR) is 164 cm³/mol. The summed E-state index contributed by atoms with van der Waals surface area (Å²) in [5.41, 5.74) is 4.24. The maximum absolute atomic E-state index is 6.29. The van der Waals surface area contributed by atoms with Crippen LogP contribution in [0.1, 0.15) is 25.7 Å². The van der Waals surface area contributed by atoms with E-state index >= 15 is 0 Å². The molecule has 0 radical (unpaired) electrons. The zero-order chi connectivity index (χ0) is 26.9. The van der Waals surface area contributed by atoms with Crippen molar-refractivity contribution in [1.29, 1.82) is 0 Å². The topological polar surface area (TPSA) is 50.7 Å². The molecule has 2 aromatic carbocycles. The molecule has 5 aromatic rings. The average Bonchev–Trinajstić information content (AvgIpc) is 3.39. The Bertz CT molecular complexity index is 2040. The molecule has 0 bridgehead atoms. The van der Waals surface area contributed by atoms with E-state index in [-0.39, 0.29) is 0 Å². The number of para-hydroxylation sites is 4. The van der Waals surface area contributed by atoms with Gasteiger partial charge in [-0.15, -0.1) is 11.3 Å². The number of benzene rings is 2. The maximum atomic E-state index is 6.29. The van der Waals surface area contributed by atoms with E-state index in [1.165, 1.54) is 9.40 Å². The van der Waals surface area contributed by atoms with Gasteiger partial charge in [0.05, 0.1) is 22.8 Å². The first kappa shape index (κ1) is 22.9. The number of pyridine rings is 2. The molecule has 9 rings (SSSR count). The van der Waals surface area contributed by atoms with E-state index < -0.39 is 0 Å². The number of aromatic nitrogens is 2. The molecule has 2 aliphatic carbocycles. The summed E-state index contributed by atoms with van der Waals surface area (Å²) >= 11 is 1.78. The molecule has 0 saturated carbocycles. The fourth-order valence-corrected chi connectivity index (χ4v) is 7.27. The second-order valence-corrected chi connectivity index (χ2v) is 11.6. The van der Waals surface area contributed by atoms with Gasteiger partial charge in [0.1, 0.15) is 23.2 Å². The van der Waals surface area contributed by atoms with E-state index in [1.807, 2.05) is 42.7 Å². The van der Waals surface area contributed by atoms with Gasteiger partial charge >= 0.3 is 0 Å². The highest BCUT2D eigenvalue weighted by atomic mass is 32.1. The summed E-state index contributed by atoms with van der Waals surface area (Å²) in [6.45, 7) is 0. The molecule has 7 heteroatoms. The Morgan fingerprint density at radius 2 is 1.32 bits per heavy atom. The maximum Gasteiger partial charge on any atom is 0.151 e. The lowest BCUT2D eigenvalue weighted by molar-refractivity contribution is 0.388. The third-order valence-corrected chi connectivity index (χ3v) is 9.16. The van der Waals surface area contributed by atoms with E-state index in [1.54, 1.807) is 11.3 Å². The zero-order valence-electron chi connectivity index (χ0n) is 22.1. The van der Waals surface area contributed by atoms with E-state index in [0.717, 1.165) is 93.9 Å². The van der Waals surface area contributed by atoms with Crippen LogP contribution in [0.3, 0.4) is 0 Å². The van der Waals surface area contributed by atoms with Gasteiger partial charge in [-0.25, -0.2) is 9.97 Å². The van der Waals surface area contributed by atoms with Gasteiger partial charge in [0.15, 0.2) is 11.5 Å². The van der Waals surface area contributed by atoms with Gasteiger partial charge < -0.3 is 9.47 Å². The molecule has 2 aliphatic heterocycles. The molecular formula is C34H24N4O2S. The van der Waals surface area contributed by atoms with Crippen LogP contribution in [0.4, 0.5) is 23.0 Å². The molecule has 0 unspecified atom stereocenters. The van der Waals surface area contributed by atoms with Crippen molar-refractivity contribution in [3.63, 3.8) is 0 Å². The standard InChI is InChI=1S/C34H24N4O2S/c1-5-13-27-23(9-1)37(24-10-2-6-14-28(24)39-27)33-17-31-21(19-35-33)22-20-36-34(18-32(22)41-31)38-25-11-3-7-15-29(25)40-30-16-8-4-12-26(30)38/h1-3,5,7-11,13,15-20H,4,6,12,14H2. The molecule has 5 heterocycles. The molecule has 0 spiro atoms. The van der Waals surface area contributed by atoms with Gasteiger partial charge in [-0.2, -0.15) is 0 Å². The lowest BCUT2D eigenvalue weighted by Gasteiger charge is -2.34. The van der Waals surface area contributed by atoms with E-state index in [9.17, 15) is 0 Å². The van der Waals surface area contributed by atoms with Crippen LogP contribution in [0.25, 0.3) is 20.2 Å². The average molecular weight is 553 g/mol. The van der Waals surface area contributed by atoms with Gasteiger partial charge in [-0.1, -0.05) is 36.4 Å². The first-order valence-electron chi connectivity index (χ1n) is 13.9. The summed E-state index contributed by atoms with van der Waals surface area (Å²) in [5.74, 6) is 5.40. The van der Waals surface area contributed by atoms with E-state index in [4.69, 9.17) is 19.4 Å². The minimum absolute atomic E-state index is 0.848. The van der Waals surface area contributed by atoms with Crippen molar-refractivity contribution >= 4 is 54.5 Å². The predicted octanol–water partition coefficient (Wildman–Crippen LogP) is 9.03. The largest absolute Gasteiger partial charge is 0.457 e. The van der Waals surface area contributed by atoms with Crippen molar-refractivity contribution in [2.24, 2.45) is 0 Å². The summed E-state index contributed by atoms with van der Waals surface area (Å²) in [7, 11) is 0. The third kappa shape index (κ3) is 3.49.